The second kappa shape index (κ2) is 8.58. The third-order valence-corrected chi connectivity index (χ3v) is 1.49. The minimum absolute atomic E-state index is 0.158. The molecule has 0 aliphatic rings. The lowest BCUT2D eigenvalue weighted by Crippen LogP contribution is -2.07. The van der Waals surface area contributed by atoms with E-state index in [0.29, 0.717) is 0 Å². The van der Waals surface area contributed by atoms with E-state index in [1.807, 2.05) is 0 Å². The first-order chi connectivity index (χ1) is 6.76. The van der Waals surface area contributed by atoms with E-state index < -0.39 is 20.1 Å². The van der Waals surface area contributed by atoms with Gasteiger partial charge in [0.25, 0.3) is 0 Å². The normalized spacial score (nSPS) is 12.1. The van der Waals surface area contributed by atoms with Crippen LogP contribution in [-0.4, -0.2) is 34.3 Å². The molecule has 0 spiro atoms. The van der Waals surface area contributed by atoms with Crippen LogP contribution in [0, 0.1) is 0 Å². The molecule has 0 aromatic rings. The van der Waals surface area contributed by atoms with Crippen molar-refractivity contribution in [3.8, 4) is 0 Å². The molecule has 8 heteroatoms. The molecule has 1 unspecified atom stereocenters. The molecule has 0 rings (SSSR count). The number of ether oxygens (including phenoxy) is 1. The smallest absolute Gasteiger partial charge is 0.466 e. The van der Waals surface area contributed by atoms with Crippen molar-refractivity contribution in [1.29, 1.82) is 0 Å². The molecule has 0 aromatic carbocycles. The molecule has 0 amide bonds. The van der Waals surface area contributed by atoms with Crippen molar-refractivity contribution in [2.24, 2.45) is 0 Å². The van der Waals surface area contributed by atoms with Crippen LogP contribution in [0.4, 0.5) is 0 Å². The molecule has 0 radical (unpaired) electrons. The van der Waals surface area contributed by atoms with Crippen molar-refractivity contribution in [1.82, 2.24) is 0 Å². The fraction of sp³-hybridized carbons (Fsp3) is 0.571. The number of phosphoric ester groups is 1. The molecule has 0 saturated carbocycles. The van der Waals surface area contributed by atoms with Crippen LogP contribution in [-0.2, 0) is 18.6 Å². The van der Waals surface area contributed by atoms with E-state index >= 15 is 0 Å². The van der Waals surface area contributed by atoms with Crippen molar-refractivity contribution in [3.63, 3.8) is 0 Å². The molecule has 3 N–H and O–H groups in total. The molecule has 90 valence electrons. The summed E-state index contributed by atoms with van der Waals surface area (Å²) >= 11 is 0. The minimum atomic E-state index is -4.49. The summed E-state index contributed by atoms with van der Waals surface area (Å²) in [5.41, 5.74) is 0. The Morgan fingerprint density at radius 2 is 2.07 bits per heavy atom. The van der Waals surface area contributed by atoms with Gasteiger partial charge < -0.3 is 19.6 Å². The molecule has 0 bridgehead atoms. The van der Waals surface area contributed by atoms with E-state index in [1.165, 1.54) is 7.11 Å². The maximum Gasteiger partial charge on any atom is 0.471 e. The van der Waals surface area contributed by atoms with Crippen LogP contribution in [0.15, 0.2) is 12.7 Å². The highest BCUT2D eigenvalue weighted by Crippen LogP contribution is 2.37. The summed E-state index contributed by atoms with van der Waals surface area (Å²) in [6.07, 6.45) is -0.101. The Kier molecular flexibility index (Phi) is 9.55. The zero-order valence-corrected chi connectivity index (χ0v) is 9.39. The Labute approximate surface area is 87.6 Å². The summed E-state index contributed by atoms with van der Waals surface area (Å²) in [5.74, 6) is -0.394. The lowest BCUT2D eigenvalue weighted by molar-refractivity contribution is -0.134. The first-order valence-electron chi connectivity index (χ1n) is 3.89. The number of aliphatic hydroxyl groups excluding tert-OH is 1. The third kappa shape index (κ3) is 16.0. The Morgan fingerprint density at radius 3 is 2.13 bits per heavy atom. The van der Waals surface area contributed by atoms with Crippen LogP contribution >= 0.6 is 7.82 Å². The number of hydrogen-bond donors (Lipinski definition) is 3. The zero-order chi connectivity index (χ0) is 12.5. The average Bonchev–Trinajstić information content (AvgIpc) is 2.15. The molecule has 15 heavy (non-hydrogen) atoms. The summed E-state index contributed by atoms with van der Waals surface area (Å²) in [7, 11) is -3.18. The number of carbonyl (C=O) groups excluding carboxylic acids is 1. The molecule has 0 aliphatic heterocycles. The lowest BCUT2D eigenvalue weighted by atomic mass is 10.5. The largest absolute Gasteiger partial charge is 0.471 e. The summed E-state index contributed by atoms with van der Waals surface area (Å²) in [6, 6.07) is 0. The van der Waals surface area contributed by atoms with Gasteiger partial charge in [-0.15, -0.1) is 0 Å². The average molecular weight is 242 g/mol. The molecule has 1 atom stereocenters. The molecular formula is C7H15O7P. The summed E-state index contributed by atoms with van der Waals surface area (Å²) in [4.78, 5) is 25.9. The molecule has 0 aliphatic carbocycles. The van der Waals surface area contributed by atoms with E-state index in [4.69, 9.17) is 14.9 Å². The van der Waals surface area contributed by atoms with Crippen molar-refractivity contribution in [2.45, 2.75) is 19.6 Å². The van der Waals surface area contributed by atoms with Crippen molar-refractivity contribution < 1.29 is 33.5 Å². The molecule has 0 heterocycles. The van der Waals surface area contributed by atoms with Gasteiger partial charge >= 0.3 is 13.8 Å². The summed E-state index contributed by atoms with van der Waals surface area (Å²) < 4.78 is 17.9. The van der Waals surface area contributed by atoms with Crippen LogP contribution < -0.4 is 0 Å². The number of phosphoric acid groups is 1. The Morgan fingerprint density at radius 1 is 1.60 bits per heavy atom. The zero-order valence-electron chi connectivity index (χ0n) is 8.49. The maximum absolute atomic E-state index is 9.91. The van der Waals surface area contributed by atoms with Gasteiger partial charge in [-0.25, -0.2) is 9.36 Å². The second-order valence-corrected chi connectivity index (χ2v) is 3.38. The van der Waals surface area contributed by atoms with Crippen molar-refractivity contribution in [3.05, 3.63) is 12.7 Å². The van der Waals surface area contributed by atoms with E-state index in [0.717, 1.165) is 6.08 Å². The van der Waals surface area contributed by atoms with Crippen LogP contribution in [0.2, 0.25) is 0 Å². The molecule has 0 saturated heterocycles. The highest BCUT2D eigenvalue weighted by atomic mass is 31.2. The van der Waals surface area contributed by atoms with Crippen molar-refractivity contribution in [2.75, 3.05) is 7.11 Å². The van der Waals surface area contributed by atoms with Gasteiger partial charge in [-0.2, -0.15) is 0 Å². The Balaban J connectivity index is 0. The number of methoxy groups -OCH3 is 1. The SMILES string of the molecule is C=CC(=O)OC.CCC(O)OP(=O)(O)O. The predicted octanol–water partition coefficient (Wildman–Crippen LogP) is 0.169. The number of carbonyl (C=O) groups is 1. The van der Waals surface area contributed by atoms with E-state index in [9.17, 15) is 9.36 Å². The highest BCUT2D eigenvalue weighted by molar-refractivity contribution is 7.46. The van der Waals surface area contributed by atoms with Crippen LogP contribution in [0.25, 0.3) is 0 Å². The van der Waals surface area contributed by atoms with Gasteiger partial charge in [-0.05, 0) is 6.42 Å². The number of rotatable bonds is 4. The van der Waals surface area contributed by atoms with Gasteiger partial charge in [-0.3, -0.25) is 4.52 Å². The number of aliphatic hydroxyl groups is 1. The molecule has 0 aromatic heterocycles. The topological polar surface area (TPSA) is 113 Å². The minimum Gasteiger partial charge on any atom is -0.466 e. The van der Waals surface area contributed by atoms with E-state index in [-0.39, 0.29) is 6.42 Å². The number of hydrogen-bond acceptors (Lipinski definition) is 5. The van der Waals surface area contributed by atoms with Crippen LogP contribution in [0.1, 0.15) is 13.3 Å². The predicted molar refractivity (Wildman–Crippen MR) is 51.6 cm³/mol. The van der Waals surface area contributed by atoms with Gasteiger partial charge in [0.15, 0.2) is 6.29 Å². The van der Waals surface area contributed by atoms with Gasteiger partial charge in [-0.1, -0.05) is 13.5 Å². The number of esters is 1. The maximum atomic E-state index is 9.91. The fourth-order valence-corrected chi connectivity index (χ4v) is 0.782. The quantitative estimate of drug-likeness (QED) is 0.278. The van der Waals surface area contributed by atoms with Gasteiger partial charge in [0.2, 0.25) is 0 Å². The van der Waals surface area contributed by atoms with E-state index in [2.05, 4.69) is 15.8 Å². The monoisotopic (exact) mass is 242 g/mol. The summed E-state index contributed by atoms with van der Waals surface area (Å²) in [5, 5.41) is 8.48. The standard InChI is InChI=1S/C4H6O2.C3H9O5P/c1-3-4(5)6-2;1-2-3(4)8-9(5,6)7/h3H,1H2,2H3;3-4H,2H2,1H3,(H2,5,6,7). The van der Waals surface area contributed by atoms with Crippen molar-refractivity contribution >= 4 is 13.8 Å². The second-order valence-electron chi connectivity index (χ2n) is 2.19. The Hall–Kier alpha value is -0.720. The third-order valence-electron chi connectivity index (χ3n) is 0.976. The first-order valence-corrected chi connectivity index (χ1v) is 5.42. The van der Waals surface area contributed by atoms with Gasteiger partial charge in [0.1, 0.15) is 0 Å². The first kappa shape index (κ1) is 16.7. The molecule has 7 nitrogen and oxygen atoms in total. The van der Waals surface area contributed by atoms with Gasteiger partial charge in [0, 0.05) is 6.08 Å². The summed E-state index contributed by atoms with van der Waals surface area (Å²) in [6.45, 7) is 4.70. The van der Waals surface area contributed by atoms with E-state index in [1.54, 1.807) is 6.92 Å². The lowest BCUT2D eigenvalue weighted by Gasteiger charge is -2.08. The molecular weight excluding hydrogens is 227 g/mol. The fourth-order valence-electron chi connectivity index (χ4n) is 0.316. The van der Waals surface area contributed by atoms with Gasteiger partial charge in [0.05, 0.1) is 7.11 Å². The molecule has 0 fully saturated rings. The Bertz CT molecular complexity index is 233. The van der Waals surface area contributed by atoms with Crippen LogP contribution in [0.5, 0.6) is 0 Å². The van der Waals surface area contributed by atoms with Crippen LogP contribution in [0.3, 0.4) is 0 Å². The highest BCUT2D eigenvalue weighted by Gasteiger charge is 2.18.